The van der Waals surface area contributed by atoms with Crippen LogP contribution in [0.2, 0.25) is 0 Å². The molecule has 1 aromatic carbocycles. The van der Waals surface area contributed by atoms with Gasteiger partial charge >= 0.3 is 0 Å². The smallest absolute Gasteiger partial charge is 0.123 e. The molecule has 0 saturated heterocycles. The van der Waals surface area contributed by atoms with Crippen molar-refractivity contribution in [3.05, 3.63) is 35.1 Å². The third-order valence-electron chi connectivity index (χ3n) is 1.52. The number of aliphatic hydroxyl groups excluding tert-OH is 1. The van der Waals surface area contributed by atoms with Crippen molar-refractivity contribution in [2.24, 2.45) is 0 Å². The number of thiol groups is 1. The molecule has 1 atom stereocenters. The average Bonchev–Trinajstić information content (AvgIpc) is 1.94. The van der Waals surface area contributed by atoms with Crippen LogP contribution in [0.4, 0.5) is 4.39 Å². The fraction of sp³-hybridized carbons (Fsp3) is 0.250. The quantitative estimate of drug-likeness (QED) is 0.490. The summed E-state index contributed by atoms with van der Waals surface area (Å²) < 4.78 is 12.6. The lowest BCUT2D eigenvalue weighted by molar-refractivity contribution is 0.271. The Labute approximate surface area is 70.3 Å². The summed E-state index contributed by atoms with van der Waals surface area (Å²) in [5.74, 6) is -0.348. The van der Waals surface area contributed by atoms with Crippen molar-refractivity contribution in [2.45, 2.75) is 12.4 Å². The van der Waals surface area contributed by atoms with E-state index in [1.807, 2.05) is 0 Å². The van der Waals surface area contributed by atoms with Crippen LogP contribution < -0.4 is 0 Å². The molecule has 1 unspecified atom stereocenters. The summed E-state index contributed by atoms with van der Waals surface area (Å²) in [6.07, 6.45) is 0. The van der Waals surface area contributed by atoms with Crippen LogP contribution in [-0.4, -0.2) is 5.11 Å². The molecule has 0 radical (unpaired) electrons. The summed E-state index contributed by atoms with van der Waals surface area (Å²) in [7, 11) is 0. The molecular formula is C8H9FOS. The highest BCUT2D eigenvalue weighted by Gasteiger charge is 2.05. The molecule has 0 amide bonds. The summed E-state index contributed by atoms with van der Waals surface area (Å²) in [6, 6.07) is 4.26. The highest BCUT2D eigenvalue weighted by atomic mass is 32.1. The van der Waals surface area contributed by atoms with Crippen molar-refractivity contribution in [1.82, 2.24) is 0 Å². The maximum Gasteiger partial charge on any atom is 0.123 e. The lowest BCUT2D eigenvalue weighted by atomic mass is 10.1. The zero-order valence-electron chi connectivity index (χ0n) is 6.08. The Morgan fingerprint density at radius 1 is 1.55 bits per heavy atom. The van der Waals surface area contributed by atoms with Crippen molar-refractivity contribution < 1.29 is 9.50 Å². The molecule has 1 aromatic rings. The molecule has 0 fully saturated rings. The molecule has 11 heavy (non-hydrogen) atoms. The van der Waals surface area contributed by atoms with Gasteiger partial charge in [-0.15, -0.1) is 12.6 Å². The summed E-state index contributed by atoms with van der Waals surface area (Å²) in [5.41, 5.74) is 0.466. The van der Waals surface area contributed by atoms with Gasteiger partial charge in [0.1, 0.15) is 11.3 Å². The van der Waals surface area contributed by atoms with Crippen molar-refractivity contribution in [3.63, 3.8) is 0 Å². The first-order valence-electron chi connectivity index (χ1n) is 3.23. The average molecular weight is 172 g/mol. The molecule has 0 aromatic heterocycles. The van der Waals surface area contributed by atoms with E-state index in [4.69, 9.17) is 5.11 Å². The van der Waals surface area contributed by atoms with Gasteiger partial charge in [-0.25, -0.2) is 4.39 Å². The first kappa shape index (κ1) is 8.56. The molecule has 60 valence electrons. The molecule has 1 nitrogen and oxygen atoms in total. The van der Waals surface area contributed by atoms with Gasteiger partial charge < -0.3 is 5.11 Å². The van der Waals surface area contributed by atoms with E-state index >= 15 is 0 Å². The molecule has 0 bridgehead atoms. The van der Waals surface area contributed by atoms with Crippen molar-refractivity contribution in [1.29, 1.82) is 0 Å². The second-order valence-electron chi connectivity index (χ2n) is 2.37. The van der Waals surface area contributed by atoms with E-state index in [-0.39, 0.29) is 5.82 Å². The van der Waals surface area contributed by atoms with Crippen molar-refractivity contribution >= 4 is 12.6 Å². The van der Waals surface area contributed by atoms with Crippen LogP contribution in [0.25, 0.3) is 0 Å². The Morgan fingerprint density at radius 3 is 2.64 bits per heavy atom. The lowest BCUT2D eigenvalue weighted by Crippen LogP contribution is -1.93. The highest BCUT2D eigenvalue weighted by molar-refractivity contribution is 7.80. The molecule has 0 aliphatic heterocycles. The van der Waals surface area contributed by atoms with E-state index in [1.54, 1.807) is 13.0 Å². The van der Waals surface area contributed by atoms with E-state index in [0.29, 0.717) is 5.56 Å². The van der Waals surface area contributed by atoms with Crippen LogP contribution >= 0.6 is 12.6 Å². The highest BCUT2D eigenvalue weighted by Crippen LogP contribution is 2.20. The van der Waals surface area contributed by atoms with Gasteiger partial charge in [0, 0.05) is 0 Å². The van der Waals surface area contributed by atoms with Crippen LogP contribution in [0.3, 0.4) is 0 Å². The van der Waals surface area contributed by atoms with Crippen molar-refractivity contribution in [3.8, 4) is 0 Å². The van der Waals surface area contributed by atoms with E-state index in [0.717, 1.165) is 5.56 Å². The molecule has 3 heteroatoms. The number of rotatable bonds is 1. The SMILES string of the molecule is Cc1ccc(F)cc1C(O)S. The van der Waals surface area contributed by atoms with E-state index in [9.17, 15) is 4.39 Å². The molecule has 1 rings (SSSR count). The zero-order valence-corrected chi connectivity index (χ0v) is 6.98. The number of halogens is 1. The standard InChI is InChI=1S/C8H9FOS/c1-5-2-3-6(9)4-7(5)8(10)11/h2-4,8,10-11H,1H3. The second-order valence-corrected chi connectivity index (χ2v) is 2.86. The summed E-state index contributed by atoms with van der Waals surface area (Å²) in [5, 5.41) is 9.03. The van der Waals surface area contributed by atoms with Crippen molar-refractivity contribution in [2.75, 3.05) is 0 Å². The number of hydrogen-bond donors (Lipinski definition) is 2. The van der Waals surface area contributed by atoms with Crippen LogP contribution in [0.1, 0.15) is 16.6 Å². The maximum atomic E-state index is 12.6. The monoisotopic (exact) mass is 172 g/mol. The van der Waals surface area contributed by atoms with Crippen LogP contribution in [-0.2, 0) is 0 Å². The number of benzene rings is 1. The summed E-state index contributed by atoms with van der Waals surface area (Å²) in [4.78, 5) is 0. The minimum atomic E-state index is -0.898. The normalized spacial score (nSPS) is 13.1. The van der Waals surface area contributed by atoms with Gasteiger partial charge in [0.15, 0.2) is 0 Å². The van der Waals surface area contributed by atoms with Crippen LogP contribution in [0.5, 0.6) is 0 Å². The number of hydrogen-bond acceptors (Lipinski definition) is 2. The van der Waals surface area contributed by atoms with Gasteiger partial charge in [-0.1, -0.05) is 6.07 Å². The van der Waals surface area contributed by atoms with Gasteiger partial charge in [-0.2, -0.15) is 0 Å². The molecule has 0 saturated carbocycles. The first-order chi connectivity index (χ1) is 5.11. The molecule has 0 spiro atoms. The van der Waals surface area contributed by atoms with E-state index in [1.165, 1.54) is 12.1 Å². The van der Waals surface area contributed by atoms with Gasteiger partial charge in [-0.05, 0) is 30.2 Å². The Morgan fingerprint density at radius 2 is 2.18 bits per heavy atom. The Balaban J connectivity index is 3.13. The largest absolute Gasteiger partial charge is 0.378 e. The first-order valence-corrected chi connectivity index (χ1v) is 3.75. The van der Waals surface area contributed by atoms with Crippen LogP contribution in [0, 0.1) is 12.7 Å². The fourth-order valence-electron chi connectivity index (χ4n) is 0.890. The Hall–Kier alpha value is -0.540. The molecule has 0 aliphatic carbocycles. The Kier molecular flexibility index (Phi) is 2.52. The van der Waals surface area contributed by atoms with E-state index in [2.05, 4.69) is 12.6 Å². The lowest BCUT2D eigenvalue weighted by Gasteiger charge is -2.06. The van der Waals surface area contributed by atoms with Gasteiger partial charge in [0.05, 0.1) is 0 Å². The topological polar surface area (TPSA) is 20.2 Å². The minimum Gasteiger partial charge on any atom is -0.378 e. The minimum absolute atomic E-state index is 0.348. The molecular weight excluding hydrogens is 163 g/mol. The molecule has 0 aliphatic rings. The fourth-order valence-corrected chi connectivity index (χ4v) is 1.17. The third-order valence-corrected chi connectivity index (χ3v) is 1.80. The predicted molar refractivity (Wildman–Crippen MR) is 45.1 cm³/mol. The maximum absolute atomic E-state index is 12.6. The van der Waals surface area contributed by atoms with Gasteiger partial charge in [0.25, 0.3) is 0 Å². The Bertz CT molecular complexity index is 260. The summed E-state index contributed by atoms with van der Waals surface area (Å²) in [6.45, 7) is 1.80. The third kappa shape index (κ3) is 1.94. The predicted octanol–water partition coefficient (Wildman–Crippen LogP) is 2.05. The summed E-state index contributed by atoms with van der Waals surface area (Å²) >= 11 is 3.79. The second kappa shape index (κ2) is 3.24. The molecule has 1 N–H and O–H groups in total. The zero-order chi connectivity index (χ0) is 8.43. The number of aliphatic hydroxyl groups is 1. The molecule has 0 heterocycles. The van der Waals surface area contributed by atoms with E-state index < -0.39 is 5.44 Å². The van der Waals surface area contributed by atoms with Crippen LogP contribution in [0.15, 0.2) is 18.2 Å². The number of aryl methyl sites for hydroxylation is 1. The van der Waals surface area contributed by atoms with Gasteiger partial charge in [-0.3, -0.25) is 0 Å². The van der Waals surface area contributed by atoms with Gasteiger partial charge in [0.2, 0.25) is 0 Å².